The van der Waals surface area contributed by atoms with Crippen molar-refractivity contribution in [2.24, 2.45) is 0 Å². The average Bonchev–Trinajstić information content (AvgIpc) is 2.35. The maximum atomic E-state index is 12.7. The maximum Gasteiger partial charge on any atom is 0.418 e. The number of alkyl halides is 3. The van der Waals surface area contributed by atoms with Crippen molar-refractivity contribution in [3.8, 4) is 0 Å². The van der Waals surface area contributed by atoms with E-state index in [4.69, 9.17) is 0 Å². The first-order chi connectivity index (χ1) is 8.29. The van der Waals surface area contributed by atoms with Crippen molar-refractivity contribution in [3.05, 3.63) is 35.3 Å². The number of pyridine rings is 1. The highest BCUT2D eigenvalue weighted by molar-refractivity contribution is 5.94. The molecular formula is C11H10F3NO3. The van der Waals surface area contributed by atoms with Gasteiger partial charge in [-0.1, -0.05) is 0 Å². The molecule has 0 fully saturated rings. The van der Waals surface area contributed by atoms with E-state index in [1.165, 1.54) is 0 Å². The first-order valence-corrected chi connectivity index (χ1v) is 4.79. The summed E-state index contributed by atoms with van der Waals surface area (Å²) < 4.78 is 42.3. The predicted molar refractivity (Wildman–Crippen MR) is 56.5 cm³/mol. The predicted octanol–water partition coefficient (Wildman–Crippen LogP) is 2.56. The second-order valence-electron chi connectivity index (χ2n) is 3.36. The molecule has 0 unspecified atom stereocenters. The molecule has 0 saturated heterocycles. The van der Waals surface area contributed by atoms with Crippen LogP contribution in [0.4, 0.5) is 13.2 Å². The maximum absolute atomic E-state index is 12.7. The smallest absolute Gasteiger partial charge is 0.418 e. The van der Waals surface area contributed by atoms with Crippen LogP contribution in [-0.4, -0.2) is 23.2 Å². The zero-order valence-electron chi connectivity index (χ0n) is 9.58. The molecule has 0 aliphatic rings. The van der Waals surface area contributed by atoms with Gasteiger partial charge in [-0.15, -0.1) is 0 Å². The van der Waals surface area contributed by atoms with Gasteiger partial charge in [0.15, 0.2) is 0 Å². The van der Waals surface area contributed by atoms with Crippen LogP contribution in [0.2, 0.25) is 0 Å². The first-order valence-electron chi connectivity index (χ1n) is 4.79. The van der Waals surface area contributed by atoms with Gasteiger partial charge in [-0.2, -0.15) is 13.2 Å². The number of halogens is 3. The number of rotatable bonds is 2. The third-order valence-corrected chi connectivity index (χ3v) is 2.20. The summed E-state index contributed by atoms with van der Waals surface area (Å²) in [6, 6.07) is 1.94. The molecule has 0 saturated carbocycles. The molecule has 0 amide bonds. The molecule has 1 heterocycles. The molecule has 1 aromatic heterocycles. The summed E-state index contributed by atoms with van der Waals surface area (Å²) in [5.41, 5.74) is -1.83. The van der Waals surface area contributed by atoms with E-state index in [-0.39, 0.29) is 5.57 Å². The Kier molecular flexibility index (Phi) is 3.95. The van der Waals surface area contributed by atoms with Gasteiger partial charge in [-0.05, 0) is 19.1 Å². The molecule has 4 nitrogen and oxygen atoms in total. The third kappa shape index (κ3) is 2.79. The van der Waals surface area contributed by atoms with E-state index >= 15 is 0 Å². The summed E-state index contributed by atoms with van der Waals surface area (Å²) in [5, 5.41) is 9.43. The van der Waals surface area contributed by atoms with E-state index in [1.54, 1.807) is 0 Å². The molecule has 1 aromatic rings. The molecule has 0 radical (unpaired) electrons. The number of hydrogen-bond acceptors (Lipinski definition) is 4. The van der Waals surface area contributed by atoms with Gasteiger partial charge in [0.1, 0.15) is 0 Å². The number of nitrogens with zero attached hydrogens (tertiary/aromatic N) is 1. The molecule has 0 bridgehead atoms. The number of carbonyl (C=O) groups is 1. The quantitative estimate of drug-likeness (QED) is 0.505. The highest BCUT2D eigenvalue weighted by Gasteiger charge is 2.35. The van der Waals surface area contributed by atoms with Gasteiger partial charge in [0.05, 0.1) is 18.4 Å². The number of aliphatic hydroxyl groups excluding tert-OH is 1. The minimum Gasteiger partial charge on any atom is -0.502 e. The second kappa shape index (κ2) is 5.07. The van der Waals surface area contributed by atoms with Gasteiger partial charge >= 0.3 is 12.1 Å². The second-order valence-corrected chi connectivity index (χ2v) is 3.36. The molecule has 0 spiro atoms. The Morgan fingerprint density at radius 3 is 2.56 bits per heavy atom. The van der Waals surface area contributed by atoms with Crippen molar-refractivity contribution in [1.29, 1.82) is 0 Å². The highest BCUT2D eigenvalue weighted by Crippen LogP contribution is 2.34. The van der Waals surface area contributed by atoms with Crippen LogP contribution in [0.1, 0.15) is 18.2 Å². The number of ether oxygens (including phenoxy) is 1. The number of allylic oxidation sites excluding steroid dienone is 1. The first kappa shape index (κ1) is 14.0. The van der Waals surface area contributed by atoms with E-state index in [9.17, 15) is 23.1 Å². The molecule has 0 aliphatic heterocycles. The molecule has 18 heavy (non-hydrogen) atoms. The van der Waals surface area contributed by atoms with E-state index < -0.39 is 29.2 Å². The number of carbonyl (C=O) groups excluding carboxylic acids is 1. The van der Waals surface area contributed by atoms with Gasteiger partial charge < -0.3 is 9.84 Å². The zero-order valence-corrected chi connectivity index (χ0v) is 9.58. The number of aromatic nitrogens is 1. The summed E-state index contributed by atoms with van der Waals surface area (Å²) in [5.74, 6) is -2.02. The summed E-state index contributed by atoms with van der Waals surface area (Å²) in [7, 11) is 1.01. The van der Waals surface area contributed by atoms with Crippen LogP contribution in [0, 0.1) is 0 Å². The fourth-order valence-corrected chi connectivity index (χ4v) is 1.29. The average molecular weight is 261 g/mol. The van der Waals surface area contributed by atoms with Crippen molar-refractivity contribution >= 4 is 11.5 Å². The Bertz CT molecular complexity index is 495. The molecule has 0 aromatic carbocycles. The van der Waals surface area contributed by atoms with Crippen LogP contribution in [0.15, 0.2) is 24.1 Å². The van der Waals surface area contributed by atoms with E-state index in [2.05, 4.69) is 9.72 Å². The summed E-state index contributed by atoms with van der Waals surface area (Å²) in [4.78, 5) is 14.6. The van der Waals surface area contributed by atoms with Crippen molar-refractivity contribution in [1.82, 2.24) is 4.98 Å². The summed E-state index contributed by atoms with van der Waals surface area (Å²) in [6.45, 7) is 1.16. The number of esters is 1. The van der Waals surface area contributed by atoms with Gasteiger partial charge in [0.2, 0.25) is 5.76 Å². The van der Waals surface area contributed by atoms with E-state index in [1.807, 2.05) is 0 Å². The normalized spacial score (nSPS) is 12.9. The largest absolute Gasteiger partial charge is 0.502 e. The molecule has 1 rings (SSSR count). The Morgan fingerprint density at radius 1 is 1.44 bits per heavy atom. The molecule has 0 atom stereocenters. The number of methoxy groups -OCH3 is 1. The standard InChI is InChI=1S/C11H10F3NO3/c1-6(9(16)10(17)18-2)8-7(11(12,13)14)4-3-5-15-8/h3-5,16H,1-2H3. The lowest BCUT2D eigenvalue weighted by Crippen LogP contribution is -2.12. The molecule has 7 heteroatoms. The minimum absolute atomic E-state index is 0.297. The summed E-state index contributed by atoms with van der Waals surface area (Å²) in [6.07, 6.45) is -3.49. The molecule has 1 N–H and O–H groups in total. The summed E-state index contributed by atoms with van der Waals surface area (Å²) >= 11 is 0. The number of aliphatic hydroxyl groups is 1. The number of hydrogen-bond donors (Lipinski definition) is 1. The Labute approximate surface area is 101 Å². The van der Waals surface area contributed by atoms with Gasteiger partial charge in [-0.3, -0.25) is 4.98 Å². The van der Waals surface area contributed by atoms with Gasteiger partial charge in [0, 0.05) is 11.8 Å². The van der Waals surface area contributed by atoms with Crippen LogP contribution in [-0.2, 0) is 15.7 Å². The lowest BCUT2D eigenvalue weighted by molar-refractivity contribution is -0.140. The van der Waals surface area contributed by atoms with Crippen LogP contribution in [0.25, 0.3) is 5.57 Å². The Hall–Kier alpha value is -2.05. The van der Waals surface area contributed by atoms with Crippen molar-refractivity contribution in [3.63, 3.8) is 0 Å². The Balaban J connectivity index is 3.39. The zero-order chi connectivity index (χ0) is 13.9. The lowest BCUT2D eigenvalue weighted by atomic mass is 10.1. The topological polar surface area (TPSA) is 59.4 Å². The monoisotopic (exact) mass is 261 g/mol. The lowest BCUT2D eigenvalue weighted by Gasteiger charge is -2.12. The Morgan fingerprint density at radius 2 is 2.06 bits per heavy atom. The van der Waals surface area contributed by atoms with Crippen molar-refractivity contribution < 1.29 is 27.8 Å². The van der Waals surface area contributed by atoms with Crippen LogP contribution in [0.5, 0.6) is 0 Å². The van der Waals surface area contributed by atoms with Crippen LogP contribution >= 0.6 is 0 Å². The van der Waals surface area contributed by atoms with Crippen LogP contribution < -0.4 is 0 Å². The highest BCUT2D eigenvalue weighted by atomic mass is 19.4. The fraction of sp³-hybridized carbons (Fsp3) is 0.273. The van der Waals surface area contributed by atoms with E-state index in [0.29, 0.717) is 0 Å². The molecular weight excluding hydrogens is 251 g/mol. The minimum atomic E-state index is -4.62. The molecule has 0 aliphatic carbocycles. The van der Waals surface area contributed by atoms with Crippen LogP contribution in [0.3, 0.4) is 0 Å². The van der Waals surface area contributed by atoms with Gasteiger partial charge in [-0.25, -0.2) is 4.79 Å². The fourth-order valence-electron chi connectivity index (χ4n) is 1.29. The van der Waals surface area contributed by atoms with Gasteiger partial charge in [0.25, 0.3) is 0 Å². The van der Waals surface area contributed by atoms with Crippen molar-refractivity contribution in [2.75, 3.05) is 7.11 Å². The van der Waals surface area contributed by atoms with E-state index in [0.717, 1.165) is 32.4 Å². The third-order valence-electron chi connectivity index (χ3n) is 2.20. The van der Waals surface area contributed by atoms with Crippen molar-refractivity contribution in [2.45, 2.75) is 13.1 Å². The SMILES string of the molecule is COC(=O)C(O)=C(C)c1ncccc1C(F)(F)F. The molecule has 98 valence electrons.